The van der Waals surface area contributed by atoms with Gasteiger partial charge in [0.2, 0.25) is 0 Å². The molecule has 284 valence electrons. The van der Waals surface area contributed by atoms with E-state index in [1.54, 1.807) is 37.7 Å². The number of aliphatic hydroxyl groups excluding tert-OH is 1. The van der Waals surface area contributed by atoms with Crippen molar-refractivity contribution in [3.63, 3.8) is 0 Å². The summed E-state index contributed by atoms with van der Waals surface area (Å²) in [6, 6.07) is 51.1. The van der Waals surface area contributed by atoms with E-state index < -0.39 is 0 Å². The number of methoxy groups -OCH3 is 2. The van der Waals surface area contributed by atoms with Crippen molar-refractivity contribution in [3.05, 3.63) is 163 Å². The van der Waals surface area contributed by atoms with E-state index in [9.17, 15) is 9.90 Å². The smallest absolute Gasteiger partial charge is 0.324 e. The van der Waals surface area contributed by atoms with Crippen LogP contribution in [0.5, 0.6) is 11.5 Å². The van der Waals surface area contributed by atoms with E-state index in [0.29, 0.717) is 5.57 Å². The first-order valence-corrected chi connectivity index (χ1v) is 17.4. The molecule has 7 aromatic carbocycles. The van der Waals surface area contributed by atoms with Crippen LogP contribution in [-0.4, -0.2) is 59.9 Å². The van der Waals surface area contributed by atoms with Crippen LogP contribution in [0.25, 0.3) is 60.6 Å². The molecule has 0 bridgehead atoms. The van der Waals surface area contributed by atoms with Crippen LogP contribution in [0.3, 0.4) is 0 Å². The maximum atomic E-state index is 9.33. The number of aromatic nitrogens is 6. The van der Waals surface area contributed by atoms with Gasteiger partial charge in [-0.3, -0.25) is 4.79 Å². The molecule has 0 amide bonds. The SMILES string of the molecule is CC(=[OH+])C(=C(C)O)c1ccccc1.COc1c[c-]c(-n2nc3ccccc3n2)c2ccccc12.COc1c[c-]c(-n2nc3ccccc3n2)c2ccccc12.[Ir-3]. The molecule has 0 aliphatic heterocycles. The van der Waals surface area contributed by atoms with E-state index in [2.05, 4.69) is 32.5 Å². The quantitative estimate of drug-likeness (QED) is 0.0764. The topological polar surface area (TPSA) is 122 Å². The molecule has 9 rings (SSSR count). The second-order valence-electron chi connectivity index (χ2n) is 12.4. The number of hydrogen-bond donors (Lipinski definition) is 1. The number of benzene rings is 7. The molecular formula is C45H37IrN6O4-4. The fraction of sp³-hybridized carbons (Fsp3) is 0.0889. The van der Waals surface area contributed by atoms with Gasteiger partial charge in [-0.05, 0) is 48.1 Å². The van der Waals surface area contributed by atoms with Crippen molar-refractivity contribution in [1.82, 2.24) is 30.0 Å². The van der Waals surface area contributed by atoms with Gasteiger partial charge in [0, 0.05) is 11.5 Å². The van der Waals surface area contributed by atoms with Crippen molar-refractivity contribution >= 4 is 55.0 Å². The number of fused-ring (bicyclic) bond motifs is 4. The van der Waals surface area contributed by atoms with Gasteiger partial charge in [0.15, 0.2) is 0 Å². The summed E-state index contributed by atoms with van der Waals surface area (Å²) in [7, 11) is 3.32. The number of rotatable bonds is 6. The second-order valence-corrected chi connectivity index (χ2v) is 12.4. The van der Waals surface area contributed by atoms with Crippen LogP contribution in [-0.2, 0) is 20.1 Å². The Hall–Kier alpha value is -6.68. The minimum Gasteiger partial charge on any atom is -3.00 e. The van der Waals surface area contributed by atoms with Crippen molar-refractivity contribution in [1.29, 1.82) is 0 Å². The van der Waals surface area contributed by atoms with Crippen LogP contribution in [0.4, 0.5) is 0 Å². The molecule has 11 heteroatoms. The Balaban J connectivity index is 0.000000146. The van der Waals surface area contributed by atoms with Crippen LogP contribution in [0.2, 0.25) is 0 Å². The molecule has 0 saturated carbocycles. The van der Waals surface area contributed by atoms with Gasteiger partial charge in [-0.25, -0.2) is 0 Å². The zero-order chi connectivity index (χ0) is 38.3. The van der Waals surface area contributed by atoms with Gasteiger partial charge in [0.25, 0.3) is 0 Å². The summed E-state index contributed by atoms with van der Waals surface area (Å²) in [5, 5.41) is 31.5. The van der Waals surface area contributed by atoms with Gasteiger partial charge in [-0.15, -0.1) is 24.3 Å². The van der Waals surface area contributed by atoms with E-state index in [1.165, 1.54) is 0 Å². The number of carbonyl (C=O) groups excluding carboxylic acids is 1. The van der Waals surface area contributed by atoms with Crippen LogP contribution in [0, 0.1) is 12.1 Å². The van der Waals surface area contributed by atoms with Crippen molar-refractivity contribution in [2.45, 2.75) is 13.8 Å². The van der Waals surface area contributed by atoms with Crippen LogP contribution >= 0.6 is 0 Å². The van der Waals surface area contributed by atoms with Crippen molar-refractivity contribution < 1.29 is 39.5 Å². The Kier molecular flexibility index (Phi) is 12.3. The predicted octanol–water partition coefficient (Wildman–Crippen LogP) is 9.30. The molecule has 2 N–H and O–H groups in total. The third kappa shape index (κ3) is 8.19. The summed E-state index contributed by atoms with van der Waals surface area (Å²) in [5.74, 6) is 1.86. The Morgan fingerprint density at radius 2 is 0.875 bits per heavy atom. The fourth-order valence-corrected chi connectivity index (χ4v) is 6.26. The number of hydrogen-bond acceptors (Lipinski definition) is 7. The van der Waals surface area contributed by atoms with Crippen molar-refractivity contribution in [3.8, 4) is 22.9 Å². The number of aliphatic hydroxyl groups is 1. The van der Waals surface area contributed by atoms with Gasteiger partial charge in [-0.1, -0.05) is 113 Å². The van der Waals surface area contributed by atoms with Gasteiger partial charge in [0.05, 0.1) is 21.1 Å². The van der Waals surface area contributed by atoms with Crippen LogP contribution in [0.15, 0.2) is 145 Å². The summed E-state index contributed by atoms with van der Waals surface area (Å²) < 4.78 is 10.8. The van der Waals surface area contributed by atoms with E-state index in [4.69, 9.17) is 9.47 Å². The van der Waals surface area contributed by atoms with Gasteiger partial charge in [-0.2, -0.15) is 42.1 Å². The maximum absolute atomic E-state index is 9.33. The molecular weight excluding hydrogens is 881 g/mol. The van der Waals surface area contributed by atoms with Gasteiger partial charge in [0.1, 0.15) is 33.4 Å². The third-order valence-electron chi connectivity index (χ3n) is 8.77. The first kappa shape index (κ1) is 39.0. The average Bonchev–Trinajstić information content (AvgIpc) is 3.85. The summed E-state index contributed by atoms with van der Waals surface area (Å²) in [6.07, 6.45) is 0. The Bertz CT molecular complexity index is 2590. The number of nitrogens with zero attached hydrogens (tertiary/aromatic N) is 6. The van der Waals surface area contributed by atoms with Gasteiger partial charge >= 0.3 is 5.78 Å². The first-order chi connectivity index (χ1) is 26.9. The molecule has 0 aliphatic rings. The molecule has 0 unspecified atom stereocenters. The van der Waals surface area contributed by atoms with E-state index in [0.717, 1.165) is 72.0 Å². The summed E-state index contributed by atoms with van der Waals surface area (Å²) >= 11 is 0. The Morgan fingerprint density at radius 3 is 1.21 bits per heavy atom. The predicted molar refractivity (Wildman–Crippen MR) is 218 cm³/mol. The van der Waals surface area contributed by atoms with E-state index in [-0.39, 0.29) is 31.6 Å². The molecule has 0 saturated heterocycles. The molecule has 0 aliphatic carbocycles. The standard InChI is InChI=1S/2C17H12N3O.C11H12O2.Ir/c2*1-21-17-11-10-16(12-6-2-3-7-13(12)17)20-18-14-8-4-5-9-15(14)19-20;1-8(12)11(9(2)13)10-6-4-3-5-7-10;/h2*2-9,11H,1H3;3-7,12H,1-2H3;/q2*-1;;-3/p+1. The average molecular weight is 918 g/mol. The molecule has 0 radical (unpaired) electrons. The second kappa shape index (κ2) is 17.6. The van der Waals surface area contributed by atoms with Crippen molar-refractivity contribution in [2.75, 3.05) is 14.2 Å². The van der Waals surface area contributed by atoms with E-state index >= 15 is 0 Å². The van der Waals surface area contributed by atoms with Crippen LogP contribution < -0.4 is 9.47 Å². The maximum Gasteiger partial charge on any atom is 0.324 e. The normalized spacial score (nSPS) is 11.1. The minimum absolute atomic E-state index is 0. The summed E-state index contributed by atoms with van der Waals surface area (Å²) in [4.78, 5) is 12.6. The monoisotopic (exact) mass is 918 g/mol. The van der Waals surface area contributed by atoms with Gasteiger partial charge < -0.3 is 34.7 Å². The molecule has 0 fully saturated rings. The minimum atomic E-state index is 0. The van der Waals surface area contributed by atoms with E-state index in [1.807, 2.05) is 140 Å². The molecule has 0 spiro atoms. The molecule has 9 aromatic rings. The fourth-order valence-electron chi connectivity index (χ4n) is 6.26. The van der Waals surface area contributed by atoms with Crippen LogP contribution in [0.1, 0.15) is 19.4 Å². The zero-order valence-electron chi connectivity index (χ0n) is 31.0. The number of ketones is 1. The molecule has 2 heterocycles. The Morgan fingerprint density at radius 1 is 0.536 bits per heavy atom. The van der Waals surface area contributed by atoms with Crippen molar-refractivity contribution in [2.24, 2.45) is 0 Å². The molecule has 2 aromatic heterocycles. The summed E-state index contributed by atoms with van der Waals surface area (Å²) in [5.41, 5.74) is 6.43. The largest absolute Gasteiger partial charge is 3.00 e. The molecule has 56 heavy (non-hydrogen) atoms. The third-order valence-corrected chi connectivity index (χ3v) is 8.77. The molecule has 10 nitrogen and oxygen atoms in total. The summed E-state index contributed by atoms with van der Waals surface area (Å²) in [6.45, 7) is 3.12. The number of allylic oxidation sites excluding steroid dienone is 2. The zero-order valence-corrected chi connectivity index (χ0v) is 33.4. The molecule has 0 atom stereocenters. The Labute approximate surface area is 337 Å². The first-order valence-electron chi connectivity index (χ1n) is 17.4. The number of ether oxygens (including phenoxy) is 2.